The van der Waals surface area contributed by atoms with Crippen LogP contribution in [0.25, 0.3) is 0 Å². The zero-order chi connectivity index (χ0) is 23.0. The lowest BCUT2D eigenvalue weighted by Crippen LogP contribution is -2.42. The lowest BCUT2D eigenvalue weighted by Gasteiger charge is -2.32. The van der Waals surface area contributed by atoms with Crippen molar-refractivity contribution < 1.29 is 9.53 Å². The Kier molecular flexibility index (Phi) is 8.13. The lowest BCUT2D eigenvalue weighted by molar-refractivity contribution is -0.127. The van der Waals surface area contributed by atoms with Gasteiger partial charge in [-0.15, -0.1) is 0 Å². The molecule has 6 heteroatoms. The summed E-state index contributed by atoms with van der Waals surface area (Å²) in [5, 5.41) is 3.27. The van der Waals surface area contributed by atoms with Crippen molar-refractivity contribution in [1.29, 1.82) is 0 Å². The Labute approximate surface area is 204 Å². The number of nitrogens with zero attached hydrogens (tertiary/aromatic N) is 2. The summed E-state index contributed by atoms with van der Waals surface area (Å²) in [7, 11) is 1.65. The van der Waals surface area contributed by atoms with Gasteiger partial charge in [-0.3, -0.25) is 9.78 Å². The van der Waals surface area contributed by atoms with Crippen LogP contribution in [0.3, 0.4) is 0 Å². The van der Waals surface area contributed by atoms with Crippen LogP contribution in [0.5, 0.6) is 5.75 Å². The van der Waals surface area contributed by atoms with E-state index in [0.29, 0.717) is 0 Å². The molecule has 3 aromatic rings. The zero-order valence-corrected chi connectivity index (χ0v) is 20.5. The minimum atomic E-state index is -0.278. The van der Waals surface area contributed by atoms with E-state index in [-0.39, 0.29) is 17.9 Å². The molecule has 172 valence electrons. The summed E-state index contributed by atoms with van der Waals surface area (Å²) >= 11 is 3.49. The molecule has 0 spiro atoms. The molecule has 0 bridgehead atoms. The molecule has 1 saturated heterocycles. The number of ether oxygens (including phenoxy) is 1. The molecule has 2 heterocycles. The van der Waals surface area contributed by atoms with Crippen molar-refractivity contribution in [3.8, 4) is 5.75 Å². The van der Waals surface area contributed by atoms with Crippen LogP contribution in [0.2, 0.25) is 0 Å². The molecule has 0 aliphatic carbocycles. The molecule has 1 N–H and O–H groups in total. The van der Waals surface area contributed by atoms with Gasteiger partial charge >= 0.3 is 0 Å². The van der Waals surface area contributed by atoms with Crippen LogP contribution < -0.4 is 10.1 Å². The minimum Gasteiger partial charge on any atom is -0.497 e. The number of hydrogen-bond donors (Lipinski definition) is 1. The third-order valence-electron chi connectivity index (χ3n) is 6.31. The van der Waals surface area contributed by atoms with E-state index in [1.54, 1.807) is 13.3 Å². The second-order valence-electron chi connectivity index (χ2n) is 8.46. The molecule has 4 rings (SSSR count). The summed E-state index contributed by atoms with van der Waals surface area (Å²) in [4.78, 5) is 20.2. The number of likely N-dealkylation sites (tertiary alicyclic amines) is 1. The quantitative estimate of drug-likeness (QED) is 0.465. The molecule has 1 aliphatic rings. The Bertz CT molecular complexity index is 1020. The van der Waals surface area contributed by atoms with Crippen molar-refractivity contribution in [2.75, 3.05) is 26.7 Å². The first-order valence-corrected chi connectivity index (χ1v) is 12.2. The molecule has 1 atom stereocenters. The Balaban J connectivity index is 1.35. The monoisotopic (exact) mass is 507 g/mol. The number of pyridine rings is 1. The molecule has 0 saturated carbocycles. The molecular formula is C27H30BrN3O2. The Morgan fingerprint density at radius 3 is 2.45 bits per heavy atom. The number of benzene rings is 2. The molecule has 5 nitrogen and oxygen atoms in total. The number of aromatic nitrogens is 1. The fourth-order valence-corrected chi connectivity index (χ4v) is 4.55. The fraction of sp³-hybridized carbons (Fsp3) is 0.333. The largest absolute Gasteiger partial charge is 0.497 e. The van der Waals surface area contributed by atoms with E-state index in [1.807, 2.05) is 42.5 Å². The number of halogens is 1. The van der Waals surface area contributed by atoms with Gasteiger partial charge in [0.1, 0.15) is 5.75 Å². The molecule has 1 amide bonds. The van der Waals surface area contributed by atoms with Gasteiger partial charge in [-0.1, -0.05) is 46.3 Å². The lowest BCUT2D eigenvalue weighted by atomic mass is 9.94. The number of nitrogens with one attached hydrogen (secondary N) is 1. The Morgan fingerprint density at radius 1 is 1.09 bits per heavy atom. The van der Waals surface area contributed by atoms with Gasteiger partial charge in [0, 0.05) is 23.1 Å². The Morgan fingerprint density at radius 2 is 1.82 bits per heavy atom. The van der Waals surface area contributed by atoms with Gasteiger partial charge < -0.3 is 15.0 Å². The maximum absolute atomic E-state index is 13.2. The molecule has 0 radical (unpaired) electrons. The number of hydrogen-bond acceptors (Lipinski definition) is 4. The maximum Gasteiger partial charge on any atom is 0.224 e. The predicted molar refractivity (Wildman–Crippen MR) is 134 cm³/mol. The SMILES string of the molecule is COc1ccc(C(NC(=O)C2CCN(CCc3ccc(Br)cc3)CC2)c2ccccn2)cc1. The van der Waals surface area contributed by atoms with Gasteiger partial charge in [-0.25, -0.2) is 0 Å². The van der Waals surface area contributed by atoms with E-state index in [4.69, 9.17) is 4.74 Å². The zero-order valence-electron chi connectivity index (χ0n) is 18.9. The molecule has 1 aromatic heterocycles. The third kappa shape index (κ3) is 6.42. The maximum atomic E-state index is 13.2. The van der Waals surface area contributed by atoms with Gasteiger partial charge in [-0.05, 0) is 79.9 Å². The number of carbonyl (C=O) groups excluding carboxylic acids is 1. The summed E-state index contributed by atoms with van der Waals surface area (Å²) in [5.41, 5.74) is 3.17. The number of methoxy groups -OCH3 is 1. The van der Waals surface area contributed by atoms with Crippen molar-refractivity contribution >= 4 is 21.8 Å². The Hall–Kier alpha value is -2.70. The van der Waals surface area contributed by atoms with Crippen LogP contribution in [0.15, 0.2) is 77.4 Å². The van der Waals surface area contributed by atoms with E-state index < -0.39 is 0 Å². The number of carbonyl (C=O) groups is 1. The highest BCUT2D eigenvalue weighted by Crippen LogP contribution is 2.25. The van der Waals surface area contributed by atoms with Crippen molar-refractivity contribution in [3.63, 3.8) is 0 Å². The highest BCUT2D eigenvalue weighted by atomic mass is 79.9. The van der Waals surface area contributed by atoms with Crippen LogP contribution in [0.1, 0.15) is 35.7 Å². The second-order valence-corrected chi connectivity index (χ2v) is 9.38. The van der Waals surface area contributed by atoms with Crippen molar-refractivity contribution in [2.24, 2.45) is 5.92 Å². The van der Waals surface area contributed by atoms with E-state index >= 15 is 0 Å². The van der Waals surface area contributed by atoms with Crippen LogP contribution >= 0.6 is 15.9 Å². The predicted octanol–water partition coefficient (Wildman–Crippen LogP) is 5.01. The van der Waals surface area contributed by atoms with E-state index in [2.05, 4.69) is 55.4 Å². The minimum absolute atomic E-state index is 0.0263. The number of amides is 1. The molecule has 33 heavy (non-hydrogen) atoms. The standard InChI is InChI=1S/C27H30BrN3O2/c1-33-24-11-7-21(8-12-24)26(25-4-2-3-16-29-25)30-27(32)22-14-18-31(19-15-22)17-13-20-5-9-23(28)10-6-20/h2-12,16,22,26H,13-15,17-19H2,1H3,(H,30,32). The van der Waals surface area contributed by atoms with E-state index in [0.717, 1.165) is 60.4 Å². The molecule has 1 unspecified atom stereocenters. The molecule has 1 aliphatic heterocycles. The van der Waals surface area contributed by atoms with Crippen LogP contribution in [0.4, 0.5) is 0 Å². The van der Waals surface area contributed by atoms with Crippen LogP contribution in [-0.2, 0) is 11.2 Å². The van der Waals surface area contributed by atoms with Gasteiger partial charge in [0.05, 0.1) is 18.8 Å². The third-order valence-corrected chi connectivity index (χ3v) is 6.84. The van der Waals surface area contributed by atoms with Crippen LogP contribution in [-0.4, -0.2) is 42.5 Å². The highest BCUT2D eigenvalue weighted by molar-refractivity contribution is 9.10. The summed E-state index contributed by atoms with van der Waals surface area (Å²) in [6, 6.07) is 21.9. The fourth-order valence-electron chi connectivity index (χ4n) is 4.29. The summed E-state index contributed by atoms with van der Waals surface area (Å²) < 4.78 is 6.39. The van der Waals surface area contributed by atoms with Crippen molar-refractivity contribution in [1.82, 2.24) is 15.2 Å². The first-order valence-electron chi connectivity index (χ1n) is 11.4. The van der Waals surface area contributed by atoms with E-state index in [9.17, 15) is 4.79 Å². The summed E-state index contributed by atoms with van der Waals surface area (Å²) in [6.07, 6.45) is 4.55. The van der Waals surface area contributed by atoms with Crippen molar-refractivity contribution in [2.45, 2.75) is 25.3 Å². The van der Waals surface area contributed by atoms with Gasteiger partial charge in [0.15, 0.2) is 0 Å². The first-order chi connectivity index (χ1) is 16.1. The van der Waals surface area contributed by atoms with E-state index in [1.165, 1.54) is 5.56 Å². The molecule has 2 aromatic carbocycles. The highest BCUT2D eigenvalue weighted by Gasteiger charge is 2.27. The van der Waals surface area contributed by atoms with Gasteiger partial charge in [0.25, 0.3) is 0 Å². The van der Waals surface area contributed by atoms with Crippen molar-refractivity contribution in [3.05, 3.63) is 94.2 Å². The molecular weight excluding hydrogens is 478 g/mol. The van der Waals surface area contributed by atoms with Gasteiger partial charge in [-0.2, -0.15) is 0 Å². The summed E-state index contributed by atoms with van der Waals surface area (Å²) in [6.45, 7) is 2.93. The smallest absolute Gasteiger partial charge is 0.224 e. The first kappa shape index (κ1) is 23.5. The topological polar surface area (TPSA) is 54.5 Å². The van der Waals surface area contributed by atoms with Gasteiger partial charge in [0.2, 0.25) is 5.91 Å². The van der Waals surface area contributed by atoms with Crippen LogP contribution in [0, 0.1) is 5.92 Å². The number of piperidine rings is 1. The summed E-state index contributed by atoms with van der Waals surface area (Å²) in [5.74, 6) is 0.924. The average molecular weight is 508 g/mol. The normalized spacial score (nSPS) is 15.7. The number of rotatable bonds is 8. The second kappa shape index (κ2) is 11.4. The molecule has 1 fully saturated rings. The average Bonchev–Trinajstić information content (AvgIpc) is 2.88.